The fraction of sp³-hybridized carbons (Fsp3) is 0.625. The van der Waals surface area contributed by atoms with Crippen LogP contribution in [0.1, 0.15) is 84.5 Å². The topological polar surface area (TPSA) is 94.2 Å². The van der Waals surface area contributed by atoms with Gasteiger partial charge in [0.2, 0.25) is 5.66 Å². The molecule has 1 rings (SSSR count). The Labute approximate surface area is 186 Å². The van der Waals surface area contributed by atoms with Crippen molar-refractivity contribution in [2.45, 2.75) is 90.1 Å². The van der Waals surface area contributed by atoms with Crippen LogP contribution < -0.4 is 0 Å². The fourth-order valence-corrected chi connectivity index (χ4v) is 2.96. The normalized spacial score (nSPS) is 18.5. The number of hydrogen-bond acceptors (Lipinski definition) is 6. The van der Waals surface area contributed by atoms with Gasteiger partial charge < -0.3 is 14.9 Å². The summed E-state index contributed by atoms with van der Waals surface area (Å²) in [7, 11) is 0. The van der Waals surface area contributed by atoms with Crippen molar-refractivity contribution in [3.8, 4) is 0 Å². The molecule has 172 valence electrons. The van der Waals surface area contributed by atoms with E-state index in [9.17, 15) is 14.9 Å². The lowest BCUT2D eigenvalue weighted by atomic mass is 10.1. The molecule has 0 spiro atoms. The Balaban J connectivity index is 1.99. The van der Waals surface area contributed by atoms with Crippen LogP contribution in [-0.4, -0.2) is 35.2 Å². The Bertz CT molecular complexity index is 695. The van der Waals surface area contributed by atoms with E-state index in [4.69, 9.17) is 4.74 Å². The number of carbonyl (C=O) groups is 1. The number of allylic oxidation sites excluding steroid dienone is 6. The van der Waals surface area contributed by atoms with Crippen LogP contribution in [0.5, 0.6) is 0 Å². The number of ether oxygens (including phenoxy) is 1. The molecule has 0 aromatic carbocycles. The maximum atomic E-state index is 11.8. The first-order valence-electron chi connectivity index (χ1n) is 11.4. The molecule has 0 aromatic rings. The van der Waals surface area contributed by atoms with Crippen LogP contribution in [-0.2, 0) is 9.53 Å². The highest BCUT2D eigenvalue weighted by atomic mass is 16.6. The monoisotopic (exact) mass is 431 g/mol. The van der Waals surface area contributed by atoms with Gasteiger partial charge >= 0.3 is 11.8 Å². The molecular formula is C24H37N3O4. The van der Waals surface area contributed by atoms with Crippen LogP contribution in [0.3, 0.4) is 0 Å². The van der Waals surface area contributed by atoms with Gasteiger partial charge in [-0.1, -0.05) is 56.2 Å². The van der Waals surface area contributed by atoms with Crippen molar-refractivity contribution in [2.24, 2.45) is 9.98 Å². The number of nitro groups is 1. The summed E-state index contributed by atoms with van der Waals surface area (Å²) in [6.07, 6.45) is 24.7. The van der Waals surface area contributed by atoms with Gasteiger partial charge in [-0.15, -0.1) is 0 Å². The SMILES string of the molecule is CCCCCC=CCC=CCC=CCCCCC(=O)OCCC1(C)N=CC([N+](=O)[O-])=N1. The molecule has 31 heavy (non-hydrogen) atoms. The zero-order chi connectivity index (χ0) is 22.8. The Kier molecular flexibility index (Phi) is 13.8. The predicted molar refractivity (Wildman–Crippen MR) is 126 cm³/mol. The van der Waals surface area contributed by atoms with Gasteiger partial charge in [0, 0.05) is 13.3 Å². The molecule has 0 radical (unpaired) electrons. The number of nitrogens with zero attached hydrogens (tertiary/aromatic N) is 3. The molecule has 0 fully saturated rings. The number of amidine groups is 1. The standard InChI is InChI=1S/C24H37N3O4/c1-3-4-5-6-7-8-9-10-11-12-13-14-15-16-17-18-23(28)31-20-19-24(2)25-21-22(26-24)27(29)30/h7-8,10-11,13-14,21H,3-6,9,12,15-20H2,1-2H3. The Morgan fingerprint density at radius 2 is 1.68 bits per heavy atom. The second-order valence-electron chi connectivity index (χ2n) is 7.80. The van der Waals surface area contributed by atoms with Gasteiger partial charge in [-0.3, -0.25) is 4.79 Å². The first-order chi connectivity index (χ1) is 15.0. The van der Waals surface area contributed by atoms with Gasteiger partial charge in [0.15, 0.2) is 0 Å². The van der Waals surface area contributed by atoms with Crippen molar-refractivity contribution >= 4 is 18.0 Å². The summed E-state index contributed by atoms with van der Waals surface area (Å²) in [6.45, 7) is 4.06. The van der Waals surface area contributed by atoms with Crippen molar-refractivity contribution in [3.05, 3.63) is 46.6 Å². The smallest absolute Gasteiger partial charge is 0.378 e. The Morgan fingerprint density at radius 1 is 1.06 bits per heavy atom. The largest absolute Gasteiger partial charge is 0.465 e. The Hall–Kier alpha value is -2.57. The molecule has 0 N–H and O–H groups in total. The van der Waals surface area contributed by atoms with Crippen LogP contribution in [0.2, 0.25) is 0 Å². The maximum Gasteiger partial charge on any atom is 0.378 e. The van der Waals surface area contributed by atoms with E-state index in [0.29, 0.717) is 12.8 Å². The molecule has 1 aliphatic rings. The third-order valence-electron chi connectivity index (χ3n) is 4.86. The molecule has 0 saturated heterocycles. The summed E-state index contributed by atoms with van der Waals surface area (Å²) < 4.78 is 5.20. The van der Waals surface area contributed by atoms with Gasteiger partial charge in [-0.25, -0.2) is 4.99 Å². The van der Waals surface area contributed by atoms with Crippen LogP contribution in [0.4, 0.5) is 0 Å². The first kappa shape index (κ1) is 26.5. The number of carbonyl (C=O) groups excluding carboxylic acids is 1. The summed E-state index contributed by atoms with van der Waals surface area (Å²) in [5.41, 5.74) is -0.910. The highest BCUT2D eigenvalue weighted by molar-refractivity contribution is 6.26. The number of esters is 1. The summed E-state index contributed by atoms with van der Waals surface area (Å²) in [4.78, 5) is 29.9. The van der Waals surface area contributed by atoms with E-state index in [0.717, 1.165) is 38.3 Å². The predicted octanol–water partition coefficient (Wildman–Crippen LogP) is 5.99. The van der Waals surface area contributed by atoms with Crippen molar-refractivity contribution in [1.29, 1.82) is 0 Å². The lowest BCUT2D eigenvalue weighted by molar-refractivity contribution is -0.345. The fourth-order valence-electron chi connectivity index (χ4n) is 2.96. The van der Waals surface area contributed by atoms with E-state index >= 15 is 0 Å². The maximum absolute atomic E-state index is 11.8. The van der Waals surface area contributed by atoms with E-state index in [1.807, 2.05) is 0 Å². The van der Waals surface area contributed by atoms with E-state index in [1.54, 1.807) is 6.92 Å². The second-order valence-corrected chi connectivity index (χ2v) is 7.80. The number of rotatable bonds is 16. The molecule has 0 amide bonds. The molecule has 1 atom stereocenters. The molecule has 0 aliphatic carbocycles. The molecule has 0 aromatic heterocycles. The van der Waals surface area contributed by atoms with Gasteiger partial charge in [-0.2, -0.15) is 0 Å². The van der Waals surface area contributed by atoms with Crippen LogP contribution >= 0.6 is 0 Å². The highest BCUT2D eigenvalue weighted by Gasteiger charge is 2.35. The van der Waals surface area contributed by atoms with Crippen LogP contribution in [0.15, 0.2) is 46.4 Å². The number of unbranched alkanes of at least 4 members (excludes halogenated alkanes) is 5. The van der Waals surface area contributed by atoms with E-state index < -0.39 is 10.6 Å². The molecule has 0 saturated carbocycles. The zero-order valence-electron chi connectivity index (χ0n) is 19.0. The van der Waals surface area contributed by atoms with Gasteiger partial charge in [0.1, 0.15) is 6.21 Å². The Morgan fingerprint density at radius 3 is 2.26 bits per heavy atom. The number of hydrogen-bond donors (Lipinski definition) is 0. The summed E-state index contributed by atoms with van der Waals surface area (Å²) in [5.74, 6) is -0.509. The summed E-state index contributed by atoms with van der Waals surface area (Å²) in [6, 6.07) is 0. The average Bonchev–Trinajstić information content (AvgIpc) is 3.13. The third kappa shape index (κ3) is 13.4. The molecular weight excluding hydrogens is 394 g/mol. The lowest BCUT2D eigenvalue weighted by Gasteiger charge is -2.11. The van der Waals surface area contributed by atoms with Crippen molar-refractivity contribution in [1.82, 2.24) is 0 Å². The highest BCUT2D eigenvalue weighted by Crippen LogP contribution is 2.21. The van der Waals surface area contributed by atoms with Crippen LogP contribution in [0.25, 0.3) is 0 Å². The first-order valence-corrected chi connectivity index (χ1v) is 11.4. The third-order valence-corrected chi connectivity index (χ3v) is 4.86. The van der Waals surface area contributed by atoms with Gasteiger partial charge in [0.05, 0.1) is 13.0 Å². The van der Waals surface area contributed by atoms with E-state index in [1.165, 1.54) is 25.7 Å². The van der Waals surface area contributed by atoms with Crippen molar-refractivity contribution in [3.63, 3.8) is 0 Å². The molecule has 0 bridgehead atoms. The lowest BCUT2D eigenvalue weighted by Crippen LogP contribution is -2.21. The number of aliphatic imine (C=N–C) groups is 2. The molecule has 1 heterocycles. The zero-order valence-corrected chi connectivity index (χ0v) is 19.0. The minimum Gasteiger partial charge on any atom is -0.465 e. The minimum atomic E-state index is -0.910. The quantitative estimate of drug-likeness (QED) is 0.0986. The molecule has 1 unspecified atom stereocenters. The van der Waals surface area contributed by atoms with Gasteiger partial charge in [-0.05, 0) is 54.9 Å². The molecule has 7 nitrogen and oxygen atoms in total. The molecule has 7 heteroatoms. The summed E-state index contributed by atoms with van der Waals surface area (Å²) >= 11 is 0. The molecule has 1 aliphatic heterocycles. The minimum absolute atomic E-state index is 0.154. The van der Waals surface area contributed by atoms with Crippen molar-refractivity contribution < 1.29 is 14.5 Å². The van der Waals surface area contributed by atoms with Crippen LogP contribution in [0, 0.1) is 10.1 Å². The van der Waals surface area contributed by atoms with E-state index in [2.05, 4.69) is 53.4 Å². The summed E-state index contributed by atoms with van der Waals surface area (Å²) in [5, 5.41) is 10.7. The average molecular weight is 432 g/mol. The second kappa shape index (κ2) is 16.2. The van der Waals surface area contributed by atoms with Crippen molar-refractivity contribution in [2.75, 3.05) is 6.61 Å². The van der Waals surface area contributed by atoms with E-state index in [-0.39, 0.29) is 18.4 Å². The van der Waals surface area contributed by atoms with Gasteiger partial charge in [0.25, 0.3) is 0 Å².